The number of likely N-dealkylation sites (tertiary alicyclic amines) is 1. The number of aromatic hydroxyl groups is 1. The Morgan fingerprint density at radius 2 is 1.09 bits per heavy atom. The molecule has 10 amide bonds. The quantitative estimate of drug-likeness (QED) is 0.0342. The Bertz CT molecular complexity index is 2510. The number of hydrogen-bond acceptors (Lipinski definition) is 16. The topological polar surface area (TPSA) is 461 Å². The van der Waals surface area contributed by atoms with Crippen LogP contribution in [0.4, 0.5) is 0 Å². The smallest absolute Gasteiger partial charge is 0.508 e. The number of phosphoric ester groups is 1. The van der Waals surface area contributed by atoms with Crippen LogP contribution >= 0.6 is 7.82 Å². The van der Waals surface area contributed by atoms with Crippen LogP contribution < -0.4 is 52.8 Å². The number of amides is 10. The van der Waals surface area contributed by atoms with E-state index in [1.807, 2.05) is 13.8 Å². The van der Waals surface area contributed by atoms with Crippen LogP contribution in [0.5, 0.6) is 11.5 Å². The molecule has 0 unspecified atom stereocenters. The molecular formula is C47H67N10O19P. The van der Waals surface area contributed by atoms with Gasteiger partial charge >= 0.3 is 13.8 Å². The highest BCUT2D eigenvalue weighted by Crippen LogP contribution is 2.37. The first-order chi connectivity index (χ1) is 36.0. The zero-order valence-electron chi connectivity index (χ0n) is 42.7. The Balaban J connectivity index is 1.66. The molecule has 3 rings (SSSR count). The normalized spacial score (nSPS) is 16.3. The van der Waals surface area contributed by atoms with Gasteiger partial charge in [-0.25, -0.2) is 9.36 Å². The van der Waals surface area contributed by atoms with E-state index in [1.54, 1.807) is 0 Å². The molecule has 2 aromatic rings. The molecule has 0 radical (unpaired) electrons. The van der Waals surface area contributed by atoms with Crippen molar-refractivity contribution in [1.29, 1.82) is 0 Å². The third-order valence-corrected chi connectivity index (χ3v) is 12.1. The first kappa shape index (κ1) is 63.6. The highest BCUT2D eigenvalue weighted by atomic mass is 31.2. The predicted molar refractivity (Wildman–Crippen MR) is 267 cm³/mol. The third-order valence-electron chi connectivity index (χ3n) is 11.6. The first-order valence-electron chi connectivity index (χ1n) is 24.1. The van der Waals surface area contributed by atoms with Gasteiger partial charge in [0.05, 0.1) is 19.6 Å². The number of phosphoric acid groups is 1. The van der Waals surface area contributed by atoms with Gasteiger partial charge in [-0.3, -0.25) is 57.7 Å². The molecule has 1 heterocycles. The van der Waals surface area contributed by atoms with Gasteiger partial charge < -0.3 is 78.1 Å². The number of aliphatic carboxylic acids is 1. The van der Waals surface area contributed by atoms with Crippen molar-refractivity contribution in [3.63, 3.8) is 0 Å². The molecular weight excluding hydrogens is 1040 g/mol. The van der Waals surface area contributed by atoms with Crippen molar-refractivity contribution in [2.24, 2.45) is 11.7 Å². The molecule has 0 bridgehead atoms. The first-order valence-corrected chi connectivity index (χ1v) is 25.6. The molecule has 16 N–H and O–H groups in total. The lowest BCUT2D eigenvalue weighted by Gasteiger charge is -2.30. The Hall–Kier alpha value is -7.72. The van der Waals surface area contributed by atoms with Crippen LogP contribution in [-0.4, -0.2) is 174 Å². The molecule has 1 aliphatic heterocycles. The maximum Gasteiger partial charge on any atom is 0.524 e. The van der Waals surface area contributed by atoms with Crippen molar-refractivity contribution in [2.75, 3.05) is 19.8 Å². The van der Waals surface area contributed by atoms with E-state index >= 15 is 0 Å². The maximum absolute atomic E-state index is 13.9. The highest BCUT2D eigenvalue weighted by molar-refractivity contribution is 7.46. The van der Waals surface area contributed by atoms with Gasteiger partial charge in [-0.2, -0.15) is 0 Å². The number of aliphatic hydroxyl groups is 2. The molecule has 0 aromatic heterocycles. The van der Waals surface area contributed by atoms with E-state index in [0.29, 0.717) is 11.1 Å². The number of hydrogen-bond donors (Lipinski definition) is 15. The van der Waals surface area contributed by atoms with Gasteiger partial charge in [0.2, 0.25) is 59.1 Å². The van der Waals surface area contributed by atoms with Crippen LogP contribution in [0.15, 0.2) is 48.5 Å². The number of primary amides is 1. The minimum Gasteiger partial charge on any atom is -0.508 e. The van der Waals surface area contributed by atoms with E-state index in [2.05, 4.69) is 47.1 Å². The summed E-state index contributed by atoms with van der Waals surface area (Å²) < 4.78 is 15.6. The number of phenolic OH excluding ortho intramolecular Hbond substituents is 1. The molecule has 0 saturated carbocycles. The number of aliphatic hydroxyl groups excluding tert-OH is 2. The number of phenols is 1. The Morgan fingerprint density at radius 1 is 0.636 bits per heavy atom. The monoisotopic (exact) mass is 1110 g/mol. The maximum atomic E-state index is 13.9. The lowest BCUT2D eigenvalue weighted by molar-refractivity contribution is -0.144. The van der Waals surface area contributed by atoms with Crippen molar-refractivity contribution < 1.29 is 92.0 Å². The average Bonchev–Trinajstić information content (AvgIpc) is 3.84. The summed E-state index contributed by atoms with van der Waals surface area (Å²) in [5.74, 6) is -11.4. The summed E-state index contributed by atoms with van der Waals surface area (Å²) in [6.45, 7) is 4.98. The van der Waals surface area contributed by atoms with E-state index in [0.717, 1.165) is 4.90 Å². The largest absolute Gasteiger partial charge is 0.524 e. The van der Waals surface area contributed by atoms with Crippen LogP contribution in [0.1, 0.15) is 71.4 Å². The number of nitrogens with one attached hydrogen (secondary N) is 8. The summed E-state index contributed by atoms with van der Waals surface area (Å²) >= 11 is 0. The molecule has 30 heteroatoms. The molecule has 0 aliphatic carbocycles. The van der Waals surface area contributed by atoms with Crippen molar-refractivity contribution in [3.05, 3.63) is 59.7 Å². The minimum atomic E-state index is -4.86. The van der Waals surface area contributed by atoms with E-state index in [9.17, 15) is 77.7 Å². The van der Waals surface area contributed by atoms with Crippen molar-refractivity contribution in [3.8, 4) is 11.5 Å². The van der Waals surface area contributed by atoms with Gasteiger partial charge in [-0.1, -0.05) is 38.1 Å². The number of rotatable bonds is 29. The van der Waals surface area contributed by atoms with Gasteiger partial charge in [-0.05, 0) is 74.4 Å². The summed E-state index contributed by atoms with van der Waals surface area (Å²) in [7, 11) is -4.86. The van der Waals surface area contributed by atoms with Crippen LogP contribution in [0.3, 0.4) is 0 Å². The van der Waals surface area contributed by atoms with Gasteiger partial charge in [0.1, 0.15) is 65.9 Å². The van der Waals surface area contributed by atoms with E-state index in [-0.39, 0.29) is 56.1 Å². The second kappa shape index (κ2) is 29.5. The Labute approximate surface area is 441 Å². The fourth-order valence-corrected chi connectivity index (χ4v) is 8.14. The second-order valence-electron chi connectivity index (χ2n) is 18.5. The van der Waals surface area contributed by atoms with Crippen molar-refractivity contribution in [2.45, 2.75) is 128 Å². The summed E-state index contributed by atoms with van der Waals surface area (Å²) in [6, 6.07) is -2.88. The van der Waals surface area contributed by atoms with Gasteiger partial charge in [0.15, 0.2) is 0 Å². The fourth-order valence-electron chi connectivity index (χ4n) is 7.74. The van der Waals surface area contributed by atoms with Crippen LogP contribution in [0.25, 0.3) is 0 Å². The average molecular weight is 1110 g/mol. The summed E-state index contributed by atoms with van der Waals surface area (Å²) in [5.41, 5.74) is 6.20. The van der Waals surface area contributed by atoms with Gasteiger partial charge in [0.25, 0.3) is 0 Å². The second-order valence-corrected chi connectivity index (χ2v) is 19.7. The zero-order chi connectivity index (χ0) is 57.9. The molecule has 29 nitrogen and oxygen atoms in total. The minimum absolute atomic E-state index is 0.0320. The number of benzene rings is 2. The summed E-state index contributed by atoms with van der Waals surface area (Å²) in [6.07, 6.45) is -0.810. The molecule has 1 fully saturated rings. The van der Waals surface area contributed by atoms with E-state index in [1.165, 1.54) is 69.3 Å². The number of carbonyl (C=O) groups excluding carboxylic acids is 10. The fraction of sp³-hybridized carbons (Fsp3) is 0.511. The summed E-state index contributed by atoms with van der Waals surface area (Å²) in [4.78, 5) is 163. The third kappa shape index (κ3) is 21.1. The molecule has 1 aliphatic rings. The molecule has 0 spiro atoms. The lowest BCUT2D eigenvalue weighted by Crippen LogP contribution is -2.61. The van der Waals surface area contributed by atoms with Crippen LogP contribution in [0.2, 0.25) is 0 Å². The highest BCUT2D eigenvalue weighted by Gasteiger charge is 2.40. The number of carboxylic acids is 1. The molecule has 77 heavy (non-hydrogen) atoms. The van der Waals surface area contributed by atoms with E-state index < -0.39 is 147 Å². The molecule has 9 atom stereocenters. The molecule has 1 saturated heterocycles. The van der Waals surface area contributed by atoms with Crippen molar-refractivity contribution in [1.82, 2.24) is 47.4 Å². The standard InChI is InChI=1S/C47H67N10O19P/c1-23(2)17-31(51-26(5)60)42(66)52-32(18-27-8-12-29(61)13-9-27)41(65)49-24(3)40(64)55-35(21-58)44(68)56-36(22-59)43(67)53-33(20-38(48)62)46(70)57-16-6-7-37(57)45(69)50-25(4)39(63)54-34(47(71)72)19-28-10-14-30(15-11-28)76-77(73,74)75/h8-15,23-25,31-37,58-59,61H,6-7,16-22H2,1-5H3,(H2,48,62)(H,49,65)(H,50,69)(H,51,60)(H,52,66)(H,53,67)(H,54,63)(H,55,64)(H,56,68)(H,71,72)(H2,73,74,75)/t24-,25-,31-,32-,33-,34-,35-,36-,37-/m0/s1. The zero-order valence-corrected chi connectivity index (χ0v) is 43.6. The Kier molecular flexibility index (Phi) is 24.4. The number of nitrogens with zero attached hydrogens (tertiary/aromatic N) is 1. The summed E-state index contributed by atoms with van der Waals surface area (Å²) in [5, 5.41) is 58.5. The lowest BCUT2D eigenvalue weighted by atomic mass is 10.0. The predicted octanol–water partition coefficient (Wildman–Crippen LogP) is -4.43. The van der Waals surface area contributed by atoms with Gasteiger partial charge in [0, 0.05) is 26.3 Å². The Morgan fingerprint density at radius 3 is 1.58 bits per heavy atom. The van der Waals surface area contributed by atoms with Crippen molar-refractivity contribution >= 4 is 72.9 Å². The number of nitrogens with two attached hydrogens (primary N) is 1. The number of carboxylic acid groups (broad SMARTS) is 1. The van der Waals surface area contributed by atoms with E-state index in [4.69, 9.17) is 15.5 Å². The SMILES string of the molecule is CC(=O)N[C@@H](CC(C)C)C(=O)N[C@@H](Cc1ccc(O)cc1)C(=O)N[C@@H](C)C(=O)N[C@@H](CO)C(=O)N[C@@H](CO)C(=O)N[C@@H](CC(N)=O)C(=O)N1CCC[C@H]1C(=O)N[C@@H](C)C(=O)N[C@@H](Cc1ccc(OP(=O)(O)O)cc1)C(=O)O. The molecule has 424 valence electrons. The van der Waals surface area contributed by atoms with Crippen LogP contribution in [-0.2, 0) is 70.1 Å². The van der Waals surface area contributed by atoms with Crippen LogP contribution in [0, 0.1) is 5.92 Å². The number of carbonyl (C=O) groups is 11. The molecule has 2 aromatic carbocycles. The van der Waals surface area contributed by atoms with Gasteiger partial charge in [-0.15, -0.1) is 0 Å².